The van der Waals surface area contributed by atoms with E-state index in [4.69, 9.17) is 0 Å². The molecule has 1 aromatic heterocycles. The Kier molecular flexibility index (Phi) is 15.7. The molecule has 17 nitrogen and oxygen atoms in total. The van der Waals surface area contributed by atoms with Gasteiger partial charge >= 0.3 is 0 Å². The van der Waals surface area contributed by atoms with E-state index in [2.05, 4.69) is 36.9 Å². The van der Waals surface area contributed by atoms with Crippen molar-refractivity contribution in [1.82, 2.24) is 41.8 Å². The van der Waals surface area contributed by atoms with Crippen molar-refractivity contribution in [3.63, 3.8) is 0 Å². The first-order valence-corrected chi connectivity index (χ1v) is 21.5. The molecule has 2 fully saturated rings. The number of aromatic hydroxyl groups is 1. The quantitative estimate of drug-likeness (QED) is 0.150. The minimum Gasteiger partial charge on any atom is -0.508 e. The van der Waals surface area contributed by atoms with Crippen LogP contribution in [0.4, 0.5) is 0 Å². The number of nitrogens with zero attached hydrogens (tertiary/aromatic N) is 1. The zero-order valence-electron chi connectivity index (χ0n) is 36.5. The highest BCUT2D eigenvalue weighted by Crippen LogP contribution is 2.23. The van der Waals surface area contributed by atoms with Gasteiger partial charge in [0.05, 0.1) is 6.10 Å². The van der Waals surface area contributed by atoms with Crippen LogP contribution >= 0.6 is 0 Å². The van der Waals surface area contributed by atoms with Crippen molar-refractivity contribution in [2.45, 2.75) is 129 Å². The Bertz CT molecular complexity index is 2100. The molecular weight excluding hydrogens is 797 g/mol. The van der Waals surface area contributed by atoms with E-state index < -0.39 is 102 Å². The molecule has 9 N–H and O–H groups in total. The van der Waals surface area contributed by atoms with Gasteiger partial charge in [0, 0.05) is 36.5 Å². The van der Waals surface area contributed by atoms with E-state index in [1.807, 2.05) is 38.1 Å². The van der Waals surface area contributed by atoms with Gasteiger partial charge in [-0.1, -0.05) is 71.9 Å². The molecule has 0 saturated carbocycles. The van der Waals surface area contributed by atoms with E-state index >= 15 is 0 Å². The molecule has 2 aliphatic heterocycles. The number of aliphatic hydroxyl groups is 1. The van der Waals surface area contributed by atoms with Crippen molar-refractivity contribution in [3.05, 3.63) is 65.9 Å². The van der Waals surface area contributed by atoms with Crippen molar-refractivity contribution in [2.75, 3.05) is 6.54 Å². The second-order valence-electron chi connectivity index (χ2n) is 17.6. The van der Waals surface area contributed by atoms with Gasteiger partial charge in [-0.3, -0.25) is 33.6 Å². The van der Waals surface area contributed by atoms with Gasteiger partial charge in [-0.05, 0) is 73.3 Å². The number of benzene rings is 2. The first-order chi connectivity index (χ1) is 29.3. The molecule has 0 spiro atoms. The van der Waals surface area contributed by atoms with Crippen LogP contribution in [-0.2, 0) is 46.4 Å². The number of carbonyl (C=O) groups excluding carboxylic acids is 7. The van der Waals surface area contributed by atoms with Gasteiger partial charge in [-0.15, -0.1) is 0 Å². The molecule has 7 amide bonds. The van der Waals surface area contributed by atoms with E-state index in [9.17, 15) is 43.8 Å². The lowest BCUT2D eigenvalue weighted by atomic mass is 9.97. The molecule has 5 rings (SSSR count). The maximum Gasteiger partial charge on any atom is 0.246 e. The Labute approximate surface area is 361 Å². The largest absolute Gasteiger partial charge is 0.508 e. The Morgan fingerprint density at radius 2 is 1.18 bits per heavy atom. The summed E-state index contributed by atoms with van der Waals surface area (Å²) in [5.74, 6) is -6.01. The van der Waals surface area contributed by atoms with Crippen LogP contribution < -0.4 is 31.9 Å². The number of H-pyrrole nitrogens is 1. The number of hydrogen-bond donors (Lipinski definition) is 9. The number of aromatic nitrogens is 1. The van der Waals surface area contributed by atoms with Crippen molar-refractivity contribution >= 4 is 52.3 Å². The van der Waals surface area contributed by atoms with Gasteiger partial charge in [0.2, 0.25) is 41.4 Å². The number of phenolic OH excluding ortho intramolecular Hbond substituents is 1. The number of hydrogen-bond acceptors (Lipinski definition) is 9. The average Bonchev–Trinajstić information content (AvgIpc) is 3.87. The molecule has 336 valence electrons. The van der Waals surface area contributed by atoms with Crippen molar-refractivity contribution in [3.8, 4) is 5.75 Å². The van der Waals surface area contributed by atoms with Crippen molar-refractivity contribution < 1.29 is 43.8 Å². The molecule has 0 aliphatic carbocycles. The van der Waals surface area contributed by atoms with Crippen LogP contribution in [0.5, 0.6) is 5.75 Å². The molecule has 62 heavy (non-hydrogen) atoms. The fourth-order valence-electron chi connectivity index (χ4n) is 8.02. The summed E-state index contributed by atoms with van der Waals surface area (Å²) in [4.78, 5) is 104. The molecule has 8 atom stereocenters. The summed E-state index contributed by atoms with van der Waals surface area (Å²) in [5, 5.41) is 38.1. The maximum atomic E-state index is 14.6. The molecule has 2 saturated heterocycles. The van der Waals surface area contributed by atoms with Crippen LogP contribution in [-0.4, -0.2) is 116 Å². The second-order valence-corrected chi connectivity index (χ2v) is 17.6. The van der Waals surface area contributed by atoms with Crippen LogP contribution in [0.3, 0.4) is 0 Å². The number of aliphatic hydroxyl groups excluding tert-OH is 1. The summed E-state index contributed by atoms with van der Waals surface area (Å²) in [6.07, 6.45) is 1.03. The van der Waals surface area contributed by atoms with Crippen molar-refractivity contribution in [2.24, 2.45) is 17.8 Å². The molecule has 17 heteroatoms. The number of carbonyl (C=O) groups is 7. The number of phenols is 1. The summed E-state index contributed by atoms with van der Waals surface area (Å²) >= 11 is 0. The predicted octanol–water partition coefficient (Wildman–Crippen LogP) is 1.31. The van der Waals surface area contributed by atoms with E-state index in [0.717, 1.165) is 10.9 Å². The van der Waals surface area contributed by atoms with Gasteiger partial charge in [0.25, 0.3) is 0 Å². The second kappa shape index (κ2) is 20.7. The summed E-state index contributed by atoms with van der Waals surface area (Å²) < 4.78 is 0. The highest BCUT2D eigenvalue weighted by Gasteiger charge is 2.41. The monoisotopic (exact) mass is 858 g/mol. The van der Waals surface area contributed by atoms with Crippen LogP contribution in [0.25, 0.3) is 10.9 Å². The van der Waals surface area contributed by atoms with Gasteiger partial charge in [0.1, 0.15) is 48.0 Å². The fraction of sp³-hybridized carbons (Fsp3) is 0.533. The number of para-hydroxylation sites is 1. The third kappa shape index (κ3) is 11.7. The Morgan fingerprint density at radius 1 is 0.629 bits per heavy atom. The van der Waals surface area contributed by atoms with E-state index in [0.29, 0.717) is 17.5 Å². The molecule has 3 heterocycles. The van der Waals surface area contributed by atoms with Crippen LogP contribution in [0.2, 0.25) is 0 Å². The van der Waals surface area contributed by atoms with E-state index in [-0.39, 0.29) is 43.9 Å². The third-order valence-corrected chi connectivity index (χ3v) is 11.5. The van der Waals surface area contributed by atoms with Crippen LogP contribution in [0, 0.1) is 17.8 Å². The Hall–Kier alpha value is -5.97. The smallest absolute Gasteiger partial charge is 0.246 e. The van der Waals surface area contributed by atoms with Crippen LogP contribution in [0.1, 0.15) is 78.9 Å². The summed E-state index contributed by atoms with van der Waals surface area (Å²) in [5.41, 5.74) is 2.07. The molecule has 2 aliphatic rings. The summed E-state index contributed by atoms with van der Waals surface area (Å²) in [6, 6.07) is 4.86. The number of nitrogens with one attached hydrogen (secondary N) is 7. The van der Waals surface area contributed by atoms with Gasteiger partial charge in [-0.25, -0.2) is 0 Å². The maximum absolute atomic E-state index is 14.6. The molecular formula is C45H62N8O9. The van der Waals surface area contributed by atoms with Gasteiger partial charge in [0.15, 0.2) is 0 Å². The molecule has 0 bridgehead atoms. The molecule has 3 aromatic rings. The first-order valence-electron chi connectivity index (χ1n) is 21.5. The summed E-state index contributed by atoms with van der Waals surface area (Å²) in [6.45, 7) is 12.0. The molecule has 8 unspecified atom stereocenters. The SMILES string of the molecule is CC(C)CC1NC(=O)C(C(C)O)NC(=O)C(Cc2c[nH]c3ccccc23)NC(=O)C2CCCN2C(=O)C(Cc2ccc(O)cc2)NC(=O)C(C(C)C)NC(=O)C(C(C)C)NC1=O. The van der Waals surface area contributed by atoms with Crippen LogP contribution in [0.15, 0.2) is 54.7 Å². The lowest BCUT2D eigenvalue weighted by Gasteiger charge is -2.32. The molecule has 2 aromatic carbocycles. The standard InChI is InChI=1S/C45H62N8O9/c1-23(2)19-32-39(56)50-37(25(5)6)43(60)51-36(24(3)4)42(59)49-34(20-27-14-16-29(55)17-15-27)45(62)53-18-10-13-35(53)41(58)47-33(40(57)52-38(26(7)54)44(61)48-32)21-28-22-46-31-12-9-8-11-30(28)31/h8-9,11-12,14-17,22-26,32-38,46,54-55H,10,13,18-21H2,1-7H3,(H,47,58)(H,48,61)(H,49,59)(H,50,56)(H,51,60)(H,52,57). The lowest BCUT2D eigenvalue weighted by Crippen LogP contribution is -2.62. The van der Waals surface area contributed by atoms with E-state index in [1.54, 1.807) is 46.0 Å². The predicted molar refractivity (Wildman–Crippen MR) is 231 cm³/mol. The topological polar surface area (TPSA) is 251 Å². The number of fused-ring (bicyclic) bond motifs is 2. The zero-order chi connectivity index (χ0) is 45.4. The van der Waals surface area contributed by atoms with Gasteiger partial charge < -0.3 is 52.0 Å². The highest BCUT2D eigenvalue weighted by molar-refractivity contribution is 5.99. The average molecular weight is 859 g/mol. The summed E-state index contributed by atoms with van der Waals surface area (Å²) in [7, 11) is 0. The number of rotatable bonds is 9. The Balaban J connectivity index is 1.58. The molecule has 0 radical (unpaired) electrons. The fourth-order valence-corrected chi connectivity index (χ4v) is 8.02. The number of amides is 7. The third-order valence-electron chi connectivity index (χ3n) is 11.5. The minimum atomic E-state index is -1.57. The Morgan fingerprint density at radius 3 is 1.81 bits per heavy atom. The minimum absolute atomic E-state index is 0.00311. The lowest BCUT2D eigenvalue weighted by molar-refractivity contribution is -0.142. The normalized spacial score (nSPS) is 25.7. The van der Waals surface area contributed by atoms with E-state index in [1.165, 1.54) is 24.0 Å². The first kappa shape index (κ1) is 47.1. The zero-order valence-corrected chi connectivity index (χ0v) is 36.5. The highest BCUT2D eigenvalue weighted by atomic mass is 16.3. The van der Waals surface area contributed by atoms with Gasteiger partial charge in [-0.2, -0.15) is 0 Å². The number of aromatic amines is 1. The van der Waals surface area contributed by atoms with Crippen molar-refractivity contribution in [1.29, 1.82) is 0 Å².